The summed E-state index contributed by atoms with van der Waals surface area (Å²) < 4.78 is 6.22. The van der Waals surface area contributed by atoms with Gasteiger partial charge in [-0.25, -0.2) is 9.78 Å². The summed E-state index contributed by atoms with van der Waals surface area (Å²) >= 11 is 0. The third-order valence-corrected chi connectivity index (χ3v) is 2.09. The van der Waals surface area contributed by atoms with E-state index in [0.29, 0.717) is 0 Å². The number of aromatic nitrogens is 2. The highest BCUT2D eigenvalue weighted by atomic mass is 16.3. The van der Waals surface area contributed by atoms with Crippen LogP contribution in [0.15, 0.2) is 40.0 Å². The molecule has 0 amide bonds. The minimum absolute atomic E-state index is 0.0545. The number of nitrogens with zero attached hydrogens (tertiary/aromatic N) is 2. The summed E-state index contributed by atoms with van der Waals surface area (Å²) in [7, 11) is 0. The number of hydrogen-bond acceptors (Lipinski definition) is 4. The van der Waals surface area contributed by atoms with Crippen LogP contribution in [-0.4, -0.2) is 15.3 Å². The Morgan fingerprint density at radius 1 is 1.56 bits per heavy atom. The van der Waals surface area contributed by atoms with Crippen molar-refractivity contribution in [3.8, 4) is 0 Å². The highest BCUT2D eigenvalue weighted by Gasteiger charge is 2.10. The fourth-order valence-corrected chi connectivity index (χ4v) is 1.35. The van der Waals surface area contributed by atoms with Crippen LogP contribution in [0.5, 0.6) is 0 Å². The second-order valence-electron chi connectivity index (χ2n) is 3.44. The van der Waals surface area contributed by atoms with Gasteiger partial charge in [-0.1, -0.05) is 0 Å². The predicted octanol–water partition coefficient (Wildman–Crippen LogP) is 1.03. The molecular weight excluding hydrogens is 208 g/mol. The van der Waals surface area contributed by atoms with Crippen LogP contribution >= 0.6 is 0 Å². The summed E-state index contributed by atoms with van der Waals surface area (Å²) in [6.45, 7) is 1.75. The lowest BCUT2D eigenvalue weighted by atomic mass is 10.3. The van der Waals surface area contributed by atoms with E-state index >= 15 is 0 Å². The van der Waals surface area contributed by atoms with Crippen LogP contribution in [0, 0.1) is 6.92 Å². The zero-order chi connectivity index (χ0) is 11.5. The van der Waals surface area contributed by atoms with Crippen LogP contribution in [0.3, 0.4) is 0 Å². The van der Waals surface area contributed by atoms with E-state index in [1.165, 1.54) is 17.0 Å². The van der Waals surface area contributed by atoms with Gasteiger partial charge in [0.2, 0.25) is 5.78 Å². The van der Waals surface area contributed by atoms with Crippen LogP contribution in [0.4, 0.5) is 0 Å². The molecule has 0 saturated carbocycles. The molecule has 0 aliphatic rings. The average molecular weight is 218 g/mol. The van der Waals surface area contributed by atoms with E-state index in [1.807, 2.05) is 0 Å². The van der Waals surface area contributed by atoms with Crippen molar-refractivity contribution in [2.24, 2.45) is 0 Å². The molecule has 2 heterocycles. The zero-order valence-corrected chi connectivity index (χ0v) is 8.71. The summed E-state index contributed by atoms with van der Waals surface area (Å²) in [4.78, 5) is 26.6. The Kier molecular flexibility index (Phi) is 2.68. The average Bonchev–Trinajstić information content (AvgIpc) is 2.76. The number of carbonyl (C=O) groups excluding carboxylic acids is 1. The quantitative estimate of drug-likeness (QED) is 0.721. The van der Waals surface area contributed by atoms with E-state index < -0.39 is 5.69 Å². The molecule has 5 heteroatoms. The van der Waals surface area contributed by atoms with Gasteiger partial charge in [-0.2, -0.15) is 0 Å². The van der Waals surface area contributed by atoms with Crippen molar-refractivity contribution < 1.29 is 9.21 Å². The van der Waals surface area contributed by atoms with E-state index in [-0.39, 0.29) is 18.1 Å². The molecule has 0 N–H and O–H groups in total. The molecule has 2 rings (SSSR count). The second kappa shape index (κ2) is 4.14. The largest absolute Gasteiger partial charge is 0.461 e. The number of carbonyl (C=O) groups is 1. The van der Waals surface area contributed by atoms with Gasteiger partial charge in [-0.3, -0.25) is 9.36 Å². The van der Waals surface area contributed by atoms with E-state index in [2.05, 4.69) is 4.98 Å². The van der Waals surface area contributed by atoms with Crippen LogP contribution in [-0.2, 0) is 6.54 Å². The smallest absolute Gasteiger partial charge is 0.347 e. The summed E-state index contributed by atoms with van der Waals surface area (Å²) in [6.07, 6.45) is 4.48. The third-order valence-electron chi connectivity index (χ3n) is 2.09. The molecule has 0 bridgehead atoms. The summed E-state index contributed by atoms with van der Waals surface area (Å²) in [5.74, 6) is -0.00657. The van der Waals surface area contributed by atoms with Gasteiger partial charge in [0.25, 0.3) is 0 Å². The van der Waals surface area contributed by atoms with Gasteiger partial charge in [-0.05, 0) is 24.6 Å². The molecule has 0 radical (unpaired) electrons. The Hall–Kier alpha value is -2.17. The van der Waals surface area contributed by atoms with Gasteiger partial charge >= 0.3 is 5.69 Å². The van der Waals surface area contributed by atoms with Gasteiger partial charge in [0, 0.05) is 12.4 Å². The van der Waals surface area contributed by atoms with Gasteiger partial charge in [0.1, 0.15) is 0 Å². The molecule has 2 aromatic heterocycles. The Balaban J connectivity index is 2.25. The molecule has 0 fully saturated rings. The summed E-state index contributed by atoms with van der Waals surface area (Å²) in [5.41, 5.74) is 0.386. The van der Waals surface area contributed by atoms with Gasteiger partial charge in [0.15, 0.2) is 5.76 Å². The summed E-state index contributed by atoms with van der Waals surface area (Å²) in [6, 6.07) is 3.20. The number of aryl methyl sites for hydroxylation is 1. The van der Waals surface area contributed by atoms with E-state index in [4.69, 9.17) is 4.42 Å². The number of ketones is 1. The molecule has 0 unspecified atom stereocenters. The Bertz CT molecular complexity index is 555. The third kappa shape index (κ3) is 2.08. The van der Waals surface area contributed by atoms with Gasteiger partial charge < -0.3 is 4.42 Å². The number of Topliss-reactive ketones (excluding diaryl/α,β-unsaturated/α-hetero) is 1. The Morgan fingerprint density at radius 3 is 3.06 bits per heavy atom. The van der Waals surface area contributed by atoms with Crippen LogP contribution in [0.25, 0.3) is 0 Å². The highest BCUT2D eigenvalue weighted by molar-refractivity contribution is 5.93. The molecule has 0 aliphatic carbocycles. The first-order valence-corrected chi connectivity index (χ1v) is 4.76. The molecule has 16 heavy (non-hydrogen) atoms. The number of furan rings is 1. The first kappa shape index (κ1) is 10.4. The minimum atomic E-state index is -0.439. The van der Waals surface area contributed by atoms with Crippen LogP contribution < -0.4 is 5.69 Å². The van der Waals surface area contributed by atoms with E-state index in [9.17, 15) is 9.59 Å². The lowest BCUT2D eigenvalue weighted by Crippen LogP contribution is -2.25. The molecule has 0 aliphatic heterocycles. The fraction of sp³-hybridized carbons (Fsp3) is 0.182. The van der Waals surface area contributed by atoms with E-state index in [0.717, 1.165) is 5.56 Å². The van der Waals surface area contributed by atoms with Crippen molar-refractivity contribution in [2.75, 3.05) is 0 Å². The fourth-order valence-electron chi connectivity index (χ4n) is 1.35. The summed E-state index contributed by atoms with van der Waals surface area (Å²) in [5, 5.41) is 0. The molecule has 0 spiro atoms. The molecule has 2 aromatic rings. The molecule has 5 nitrogen and oxygen atoms in total. The second-order valence-corrected chi connectivity index (χ2v) is 3.44. The standard InChI is InChI=1S/C11H10N2O3/c1-8-5-12-11(15)13(6-8)7-9(14)10-3-2-4-16-10/h2-6H,7H2,1H3. The van der Waals surface area contributed by atoms with E-state index in [1.54, 1.807) is 25.3 Å². The maximum absolute atomic E-state index is 11.7. The lowest BCUT2D eigenvalue weighted by Gasteiger charge is -2.02. The zero-order valence-electron chi connectivity index (χ0n) is 8.71. The SMILES string of the molecule is Cc1cnc(=O)n(CC(=O)c2ccco2)c1. The van der Waals surface area contributed by atoms with Crippen molar-refractivity contribution in [1.29, 1.82) is 0 Å². The Labute approximate surface area is 91.3 Å². The van der Waals surface area contributed by atoms with Crippen molar-refractivity contribution in [3.63, 3.8) is 0 Å². The number of hydrogen-bond donors (Lipinski definition) is 0. The van der Waals surface area contributed by atoms with Crippen LogP contribution in [0.2, 0.25) is 0 Å². The first-order chi connectivity index (χ1) is 7.66. The topological polar surface area (TPSA) is 65.1 Å². The maximum Gasteiger partial charge on any atom is 0.347 e. The van der Waals surface area contributed by atoms with Crippen LogP contribution in [0.1, 0.15) is 16.1 Å². The van der Waals surface area contributed by atoms with Gasteiger partial charge in [-0.15, -0.1) is 0 Å². The molecule has 82 valence electrons. The molecule has 0 atom stereocenters. The lowest BCUT2D eigenvalue weighted by molar-refractivity contribution is 0.0943. The predicted molar refractivity (Wildman–Crippen MR) is 56.3 cm³/mol. The van der Waals surface area contributed by atoms with Crippen molar-refractivity contribution >= 4 is 5.78 Å². The monoisotopic (exact) mass is 218 g/mol. The minimum Gasteiger partial charge on any atom is -0.461 e. The molecule has 0 saturated heterocycles. The number of rotatable bonds is 3. The van der Waals surface area contributed by atoms with Crippen molar-refractivity contribution in [3.05, 3.63) is 52.6 Å². The highest BCUT2D eigenvalue weighted by Crippen LogP contribution is 2.02. The first-order valence-electron chi connectivity index (χ1n) is 4.76. The van der Waals surface area contributed by atoms with Gasteiger partial charge in [0.05, 0.1) is 12.8 Å². The molecular formula is C11H10N2O3. The normalized spacial score (nSPS) is 10.3. The van der Waals surface area contributed by atoms with Crippen molar-refractivity contribution in [1.82, 2.24) is 9.55 Å². The molecule has 0 aromatic carbocycles. The van der Waals surface area contributed by atoms with Crippen molar-refractivity contribution in [2.45, 2.75) is 13.5 Å². The maximum atomic E-state index is 11.7. The Morgan fingerprint density at radius 2 is 2.38 bits per heavy atom.